The number of rotatable bonds is 3. The van der Waals surface area contributed by atoms with Gasteiger partial charge in [0.25, 0.3) is 0 Å². The number of hydrogen-bond donors (Lipinski definition) is 1. The number of para-hydroxylation sites is 1. The van der Waals surface area contributed by atoms with Crippen LogP contribution in [0.5, 0.6) is 0 Å². The summed E-state index contributed by atoms with van der Waals surface area (Å²) in [4.78, 5) is 37.1. The number of carbonyl (C=O) groups excluding carboxylic acids is 1. The number of carboxylic acids is 1. The summed E-state index contributed by atoms with van der Waals surface area (Å²) in [6.45, 7) is 2.64. The Hall–Kier alpha value is -2.63. The predicted molar refractivity (Wildman–Crippen MR) is 85.1 cm³/mol. The van der Waals surface area contributed by atoms with E-state index in [1.165, 1.54) is 6.07 Å². The number of likely N-dealkylation sites (tertiary alicyclic amines) is 1. The van der Waals surface area contributed by atoms with Crippen molar-refractivity contribution in [3.8, 4) is 0 Å². The average Bonchev–Trinajstić information content (AvgIpc) is 2.92. The molecule has 0 unspecified atom stereocenters. The van der Waals surface area contributed by atoms with Gasteiger partial charge in [-0.05, 0) is 18.1 Å². The molecule has 1 amide bonds. The fourth-order valence-electron chi connectivity index (χ4n) is 3.14. The van der Waals surface area contributed by atoms with Gasteiger partial charge in [-0.15, -0.1) is 0 Å². The molecule has 2 aromatic rings. The summed E-state index contributed by atoms with van der Waals surface area (Å²) in [6, 6.07) is 8.59. The molecule has 2 heterocycles. The highest BCUT2D eigenvalue weighted by molar-refractivity contribution is 5.83. The Kier molecular flexibility index (Phi) is 3.90. The lowest BCUT2D eigenvalue weighted by Gasteiger charge is -2.18. The van der Waals surface area contributed by atoms with Gasteiger partial charge in [0.15, 0.2) is 5.43 Å². The van der Waals surface area contributed by atoms with E-state index in [0.717, 1.165) is 0 Å². The maximum Gasteiger partial charge on any atom is 0.308 e. The lowest BCUT2D eigenvalue weighted by Crippen LogP contribution is -2.33. The van der Waals surface area contributed by atoms with Crippen LogP contribution in [0.2, 0.25) is 0 Å². The Balaban J connectivity index is 1.83. The largest absolute Gasteiger partial charge is 0.481 e. The first-order valence-electron chi connectivity index (χ1n) is 7.56. The molecular formula is C17H18N2O4. The van der Waals surface area contributed by atoms with Crippen LogP contribution >= 0.6 is 0 Å². The fraction of sp³-hybridized carbons (Fsp3) is 0.353. The summed E-state index contributed by atoms with van der Waals surface area (Å²) in [5.41, 5.74) is 0.625. The van der Waals surface area contributed by atoms with E-state index >= 15 is 0 Å². The third kappa shape index (κ3) is 2.84. The van der Waals surface area contributed by atoms with Crippen LogP contribution in [0.1, 0.15) is 6.92 Å². The molecule has 1 aromatic heterocycles. The summed E-state index contributed by atoms with van der Waals surface area (Å²) in [5, 5.41) is 9.74. The monoisotopic (exact) mass is 314 g/mol. The summed E-state index contributed by atoms with van der Waals surface area (Å²) >= 11 is 0. The van der Waals surface area contributed by atoms with Crippen LogP contribution in [0.15, 0.2) is 41.3 Å². The molecule has 0 saturated carbocycles. The van der Waals surface area contributed by atoms with Gasteiger partial charge in [-0.25, -0.2) is 0 Å². The van der Waals surface area contributed by atoms with Crippen molar-refractivity contribution in [2.45, 2.75) is 13.5 Å². The molecule has 6 nitrogen and oxygen atoms in total. The van der Waals surface area contributed by atoms with Gasteiger partial charge in [-0.1, -0.05) is 19.1 Å². The van der Waals surface area contributed by atoms with Gasteiger partial charge >= 0.3 is 5.97 Å². The number of aromatic nitrogens is 1. The van der Waals surface area contributed by atoms with Crippen LogP contribution in [-0.4, -0.2) is 39.5 Å². The molecule has 6 heteroatoms. The summed E-state index contributed by atoms with van der Waals surface area (Å²) in [7, 11) is 0. The SMILES string of the molecule is C[C@@H]1CN(C(=O)Cn2ccc(=O)c3ccccc32)C[C@H]1C(=O)O. The highest BCUT2D eigenvalue weighted by atomic mass is 16.4. The Morgan fingerprint density at radius 3 is 2.65 bits per heavy atom. The maximum absolute atomic E-state index is 12.5. The van der Waals surface area contributed by atoms with Gasteiger partial charge < -0.3 is 14.6 Å². The molecule has 1 aliphatic heterocycles. The van der Waals surface area contributed by atoms with Gasteiger partial charge in [0.05, 0.1) is 11.4 Å². The third-order valence-corrected chi connectivity index (χ3v) is 4.47. The standard InChI is InChI=1S/C17H18N2O4/c1-11-8-19(9-13(11)17(22)23)16(21)10-18-7-6-15(20)12-4-2-3-5-14(12)18/h2-7,11,13H,8-10H2,1H3,(H,22,23)/t11-,13-/m1/s1. The molecule has 1 N–H and O–H groups in total. The maximum atomic E-state index is 12.5. The van der Waals surface area contributed by atoms with Crippen molar-refractivity contribution in [1.82, 2.24) is 9.47 Å². The van der Waals surface area contributed by atoms with Crippen molar-refractivity contribution < 1.29 is 14.7 Å². The van der Waals surface area contributed by atoms with E-state index in [1.54, 1.807) is 33.9 Å². The molecule has 1 fully saturated rings. The number of fused-ring (bicyclic) bond motifs is 1. The van der Waals surface area contributed by atoms with Crippen LogP contribution in [0.4, 0.5) is 0 Å². The predicted octanol–water partition coefficient (Wildman–Crippen LogP) is 1.18. The number of pyridine rings is 1. The number of carbonyl (C=O) groups is 2. The number of benzene rings is 1. The van der Waals surface area contributed by atoms with Crippen molar-refractivity contribution in [1.29, 1.82) is 0 Å². The fourth-order valence-corrected chi connectivity index (χ4v) is 3.14. The highest BCUT2D eigenvalue weighted by Gasteiger charge is 2.36. The molecule has 0 radical (unpaired) electrons. The Morgan fingerprint density at radius 1 is 1.22 bits per heavy atom. The van der Waals surface area contributed by atoms with Crippen molar-refractivity contribution in [3.05, 3.63) is 46.8 Å². The first-order chi connectivity index (χ1) is 11.0. The zero-order valence-corrected chi connectivity index (χ0v) is 12.8. The Bertz CT molecular complexity index is 827. The second-order valence-electron chi connectivity index (χ2n) is 6.05. The summed E-state index contributed by atoms with van der Waals surface area (Å²) in [6.07, 6.45) is 1.61. The lowest BCUT2D eigenvalue weighted by atomic mass is 9.99. The van der Waals surface area contributed by atoms with Crippen LogP contribution in [0.3, 0.4) is 0 Å². The van der Waals surface area contributed by atoms with Crippen molar-refractivity contribution in [2.75, 3.05) is 13.1 Å². The van der Waals surface area contributed by atoms with E-state index in [-0.39, 0.29) is 30.3 Å². The Morgan fingerprint density at radius 2 is 1.96 bits per heavy atom. The summed E-state index contributed by atoms with van der Waals surface area (Å²) < 4.78 is 1.73. The molecule has 0 spiro atoms. The lowest BCUT2D eigenvalue weighted by molar-refractivity contribution is -0.142. The van der Waals surface area contributed by atoms with E-state index in [9.17, 15) is 14.4 Å². The molecule has 1 saturated heterocycles. The normalized spacial score (nSPS) is 20.8. The minimum absolute atomic E-state index is 0.0535. The second kappa shape index (κ2) is 5.87. The molecule has 0 bridgehead atoms. The minimum Gasteiger partial charge on any atom is -0.481 e. The number of nitrogens with zero attached hydrogens (tertiary/aromatic N) is 2. The highest BCUT2D eigenvalue weighted by Crippen LogP contribution is 2.23. The molecule has 3 rings (SSSR count). The molecule has 0 aliphatic carbocycles. The zero-order valence-electron chi connectivity index (χ0n) is 12.8. The Labute approximate surface area is 132 Å². The van der Waals surface area contributed by atoms with E-state index in [4.69, 9.17) is 5.11 Å². The van der Waals surface area contributed by atoms with E-state index in [0.29, 0.717) is 17.4 Å². The zero-order chi connectivity index (χ0) is 16.6. The third-order valence-electron chi connectivity index (χ3n) is 4.47. The first kappa shape index (κ1) is 15.3. The molecule has 23 heavy (non-hydrogen) atoms. The van der Waals surface area contributed by atoms with E-state index < -0.39 is 11.9 Å². The summed E-state index contributed by atoms with van der Waals surface area (Å²) in [5.74, 6) is -1.55. The number of carboxylic acid groups (broad SMARTS) is 1. The first-order valence-corrected chi connectivity index (χ1v) is 7.56. The van der Waals surface area contributed by atoms with Crippen LogP contribution < -0.4 is 5.43 Å². The van der Waals surface area contributed by atoms with Gasteiger partial charge in [0.2, 0.25) is 5.91 Å². The second-order valence-corrected chi connectivity index (χ2v) is 6.05. The van der Waals surface area contributed by atoms with Crippen molar-refractivity contribution >= 4 is 22.8 Å². The number of amides is 1. The van der Waals surface area contributed by atoms with E-state index in [2.05, 4.69) is 0 Å². The van der Waals surface area contributed by atoms with Crippen molar-refractivity contribution in [3.63, 3.8) is 0 Å². The number of hydrogen-bond acceptors (Lipinski definition) is 3. The van der Waals surface area contributed by atoms with Crippen molar-refractivity contribution in [2.24, 2.45) is 11.8 Å². The van der Waals surface area contributed by atoms with Gasteiger partial charge in [0.1, 0.15) is 6.54 Å². The van der Waals surface area contributed by atoms with E-state index in [1.807, 2.05) is 13.0 Å². The van der Waals surface area contributed by atoms with Gasteiger partial charge in [-0.2, -0.15) is 0 Å². The smallest absolute Gasteiger partial charge is 0.308 e. The minimum atomic E-state index is -0.860. The molecule has 2 atom stereocenters. The number of aliphatic carboxylic acids is 1. The van der Waals surface area contributed by atoms with Crippen LogP contribution in [-0.2, 0) is 16.1 Å². The van der Waals surface area contributed by atoms with Gasteiger partial charge in [-0.3, -0.25) is 14.4 Å². The molecule has 120 valence electrons. The average molecular weight is 314 g/mol. The molecule has 1 aromatic carbocycles. The van der Waals surface area contributed by atoms with Crippen LogP contribution in [0.25, 0.3) is 10.9 Å². The quantitative estimate of drug-likeness (QED) is 0.922. The topological polar surface area (TPSA) is 79.6 Å². The molecule has 1 aliphatic rings. The van der Waals surface area contributed by atoms with Crippen LogP contribution in [0, 0.1) is 11.8 Å². The molecular weight excluding hydrogens is 296 g/mol. The van der Waals surface area contributed by atoms with Gasteiger partial charge in [0, 0.05) is 30.7 Å².